The molecule has 3 rings (SSSR count). The Balaban J connectivity index is 1.56. The summed E-state index contributed by atoms with van der Waals surface area (Å²) in [5.74, 6) is 1.80. The molecule has 0 fully saturated rings. The smallest absolute Gasteiger partial charge is 0.276 e. The average molecular weight is 364 g/mol. The van der Waals surface area contributed by atoms with Crippen LogP contribution in [0.1, 0.15) is 16.1 Å². The molecule has 0 spiro atoms. The molecule has 0 atom stereocenters. The Morgan fingerprint density at radius 3 is 2.04 bits per heavy atom. The van der Waals surface area contributed by atoms with Crippen LogP contribution in [0.25, 0.3) is 0 Å². The highest BCUT2D eigenvalue weighted by molar-refractivity contribution is 6.02. The molecule has 7 heteroatoms. The number of nitrogens with one attached hydrogen (secondary N) is 2. The molecule has 1 amide bonds. The van der Waals surface area contributed by atoms with Gasteiger partial charge in [-0.25, -0.2) is 0 Å². The highest BCUT2D eigenvalue weighted by Gasteiger charge is 2.09. The highest BCUT2D eigenvalue weighted by Crippen LogP contribution is 2.16. The number of hydrogen-bond donors (Lipinski definition) is 2. The van der Waals surface area contributed by atoms with E-state index >= 15 is 0 Å². The van der Waals surface area contributed by atoms with Crippen LogP contribution in [0, 0.1) is 0 Å². The van der Waals surface area contributed by atoms with Gasteiger partial charge in [0.2, 0.25) is 0 Å². The molecule has 0 aliphatic heterocycles. The number of hydrogen-bond acceptors (Lipinski definition) is 6. The van der Waals surface area contributed by atoms with Crippen LogP contribution in [0.4, 0.5) is 11.5 Å². The third-order valence-electron chi connectivity index (χ3n) is 3.88. The number of anilines is 2. The molecule has 7 nitrogen and oxygen atoms in total. The lowest BCUT2D eigenvalue weighted by Gasteiger charge is -2.08. The van der Waals surface area contributed by atoms with Gasteiger partial charge < -0.3 is 20.1 Å². The minimum absolute atomic E-state index is 0.237. The van der Waals surface area contributed by atoms with Gasteiger partial charge in [0.1, 0.15) is 17.3 Å². The summed E-state index contributed by atoms with van der Waals surface area (Å²) >= 11 is 0. The second-order valence-corrected chi connectivity index (χ2v) is 5.69. The van der Waals surface area contributed by atoms with Crippen LogP contribution in [0.5, 0.6) is 11.5 Å². The zero-order chi connectivity index (χ0) is 19.1. The van der Waals surface area contributed by atoms with Crippen molar-refractivity contribution in [1.82, 2.24) is 10.2 Å². The summed E-state index contributed by atoms with van der Waals surface area (Å²) in [6.07, 6.45) is 0. The van der Waals surface area contributed by atoms with Crippen LogP contribution < -0.4 is 20.1 Å². The first-order valence-corrected chi connectivity index (χ1v) is 8.34. The van der Waals surface area contributed by atoms with E-state index < -0.39 is 0 Å². The minimum Gasteiger partial charge on any atom is -0.497 e. The Morgan fingerprint density at radius 2 is 1.48 bits per heavy atom. The number of carbonyl (C=O) groups excluding carboxylic acids is 1. The summed E-state index contributed by atoms with van der Waals surface area (Å²) in [7, 11) is 3.22. The second-order valence-electron chi connectivity index (χ2n) is 5.69. The van der Waals surface area contributed by atoms with Gasteiger partial charge in [-0.1, -0.05) is 12.1 Å². The molecule has 1 heterocycles. The summed E-state index contributed by atoms with van der Waals surface area (Å²) < 4.78 is 10.2. The summed E-state index contributed by atoms with van der Waals surface area (Å²) in [4.78, 5) is 12.2. The van der Waals surface area contributed by atoms with Crippen molar-refractivity contribution in [1.29, 1.82) is 0 Å². The second kappa shape index (κ2) is 8.66. The van der Waals surface area contributed by atoms with E-state index in [1.54, 1.807) is 50.6 Å². The number of benzene rings is 2. The van der Waals surface area contributed by atoms with Crippen molar-refractivity contribution in [3.63, 3.8) is 0 Å². The van der Waals surface area contributed by atoms with Gasteiger partial charge in [0.25, 0.3) is 5.91 Å². The fourth-order valence-electron chi connectivity index (χ4n) is 2.35. The molecule has 27 heavy (non-hydrogen) atoms. The summed E-state index contributed by atoms with van der Waals surface area (Å²) in [6, 6.07) is 18.1. The molecule has 2 aromatic carbocycles. The van der Waals surface area contributed by atoms with Gasteiger partial charge in [0.15, 0.2) is 5.69 Å². The zero-order valence-corrected chi connectivity index (χ0v) is 15.1. The van der Waals surface area contributed by atoms with Gasteiger partial charge in [-0.2, -0.15) is 0 Å². The maximum atomic E-state index is 12.2. The Morgan fingerprint density at radius 1 is 0.852 bits per heavy atom. The summed E-state index contributed by atoms with van der Waals surface area (Å²) in [5, 5.41) is 14.0. The van der Waals surface area contributed by atoms with E-state index in [0.717, 1.165) is 17.1 Å². The van der Waals surface area contributed by atoms with E-state index in [-0.39, 0.29) is 11.6 Å². The first-order valence-electron chi connectivity index (χ1n) is 8.34. The standard InChI is InChI=1S/C20H20N4O3/c1-26-16-7-3-14(4-8-16)13-21-19-12-11-18(23-24-19)20(25)22-15-5-9-17(27-2)10-6-15/h3-12H,13H2,1-2H3,(H,21,24)(H,22,25). The molecule has 138 valence electrons. The first kappa shape index (κ1) is 18.2. The Hall–Kier alpha value is -3.61. The fourth-order valence-corrected chi connectivity index (χ4v) is 2.35. The maximum Gasteiger partial charge on any atom is 0.276 e. The minimum atomic E-state index is -0.325. The third-order valence-corrected chi connectivity index (χ3v) is 3.88. The SMILES string of the molecule is COc1ccc(CNc2ccc(C(=O)Nc3ccc(OC)cc3)nn2)cc1. The predicted molar refractivity (Wildman–Crippen MR) is 103 cm³/mol. The topological polar surface area (TPSA) is 85.4 Å². The van der Waals surface area contributed by atoms with Crippen molar-refractivity contribution in [2.24, 2.45) is 0 Å². The molecule has 0 saturated carbocycles. The Labute approximate surface area is 157 Å². The van der Waals surface area contributed by atoms with Crippen molar-refractivity contribution in [3.8, 4) is 11.5 Å². The van der Waals surface area contributed by atoms with E-state index in [0.29, 0.717) is 18.1 Å². The molecule has 0 saturated heterocycles. The molecule has 0 unspecified atom stereocenters. The number of aromatic nitrogens is 2. The van der Waals surface area contributed by atoms with E-state index in [4.69, 9.17) is 9.47 Å². The number of nitrogens with zero attached hydrogens (tertiary/aromatic N) is 2. The summed E-state index contributed by atoms with van der Waals surface area (Å²) in [5.41, 5.74) is 1.98. The highest BCUT2D eigenvalue weighted by atomic mass is 16.5. The molecular formula is C20H20N4O3. The van der Waals surface area contributed by atoms with Gasteiger partial charge in [-0.05, 0) is 54.1 Å². The molecule has 0 aliphatic carbocycles. The monoisotopic (exact) mass is 364 g/mol. The average Bonchev–Trinajstić information content (AvgIpc) is 2.73. The van der Waals surface area contributed by atoms with Crippen LogP contribution in [0.3, 0.4) is 0 Å². The lowest BCUT2D eigenvalue weighted by molar-refractivity contribution is 0.102. The van der Waals surface area contributed by atoms with Gasteiger partial charge in [0, 0.05) is 12.2 Å². The van der Waals surface area contributed by atoms with E-state index in [2.05, 4.69) is 20.8 Å². The van der Waals surface area contributed by atoms with Gasteiger partial charge in [0.05, 0.1) is 14.2 Å². The lowest BCUT2D eigenvalue weighted by atomic mass is 10.2. The third kappa shape index (κ3) is 4.94. The zero-order valence-electron chi connectivity index (χ0n) is 15.1. The number of ether oxygens (including phenoxy) is 2. The lowest BCUT2D eigenvalue weighted by Crippen LogP contribution is -2.14. The number of carbonyl (C=O) groups is 1. The normalized spacial score (nSPS) is 10.1. The van der Waals surface area contributed by atoms with Crippen LogP contribution in [-0.2, 0) is 6.54 Å². The molecule has 0 bridgehead atoms. The largest absolute Gasteiger partial charge is 0.497 e. The first-order chi connectivity index (χ1) is 13.2. The van der Waals surface area contributed by atoms with Gasteiger partial charge >= 0.3 is 0 Å². The molecule has 3 aromatic rings. The molecule has 1 aromatic heterocycles. The van der Waals surface area contributed by atoms with E-state index in [1.807, 2.05) is 24.3 Å². The summed E-state index contributed by atoms with van der Waals surface area (Å²) in [6.45, 7) is 0.593. The molecule has 2 N–H and O–H groups in total. The van der Waals surface area contributed by atoms with Gasteiger partial charge in [-0.3, -0.25) is 4.79 Å². The van der Waals surface area contributed by atoms with Gasteiger partial charge in [-0.15, -0.1) is 10.2 Å². The van der Waals surface area contributed by atoms with E-state index in [1.165, 1.54) is 0 Å². The molecule has 0 aliphatic rings. The van der Waals surface area contributed by atoms with Crippen molar-refractivity contribution in [3.05, 3.63) is 71.9 Å². The fraction of sp³-hybridized carbons (Fsp3) is 0.150. The van der Waals surface area contributed by atoms with Crippen molar-refractivity contribution in [2.45, 2.75) is 6.54 Å². The number of rotatable bonds is 7. The predicted octanol–water partition coefficient (Wildman–Crippen LogP) is 3.36. The molecule has 0 radical (unpaired) electrons. The molecular weight excluding hydrogens is 344 g/mol. The van der Waals surface area contributed by atoms with Crippen LogP contribution >= 0.6 is 0 Å². The van der Waals surface area contributed by atoms with Crippen molar-refractivity contribution in [2.75, 3.05) is 24.9 Å². The van der Waals surface area contributed by atoms with Crippen LogP contribution in [-0.4, -0.2) is 30.3 Å². The van der Waals surface area contributed by atoms with Crippen LogP contribution in [0.15, 0.2) is 60.7 Å². The van der Waals surface area contributed by atoms with Crippen molar-refractivity contribution >= 4 is 17.4 Å². The maximum absolute atomic E-state index is 12.2. The Kier molecular flexibility index (Phi) is 5.84. The van der Waals surface area contributed by atoms with E-state index in [9.17, 15) is 4.79 Å². The van der Waals surface area contributed by atoms with Crippen LogP contribution in [0.2, 0.25) is 0 Å². The quantitative estimate of drug-likeness (QED) is 0.669. The van der Waals surface area contributed by atoms with Crippen molar-refractivity contribution < 1.29 is 14.3 Å². The number of methoxy groups -OCH3 is 2. The number of amides is 1. The Bertz CT molecular complexity index is 879.